The third kappa shape index (κ3) is 9.38. The maximum Gasteiger partial charge on any atom is 4.00 e. The Morgan fingerprint density at radius 1 is 0.720 bits per heavy atom. The minimum atomic E-state index is 0. The van der Waals surface area contributed by atoms with Gasteiger partial charge in [0.05, 0.1) is 24.6 Å². The van der Waals surface area contributed by atoms with E-state index >= 15 is 0 Å². The fourth-order valence-corrected chi connectivity index (χ4v) is 1.77. The summed E-state index contributed by atoms with van der Waals surface area (Å²) in [6, 6.07) is 7.30. The molecular formula is C16H22Cl2N2O4Pt+4. The average Bonchev–Trinajstić information content (AvgIpc) is 2.56. The summed E-state index contributed by atoms with van der Waals surface area (Å²) in [6.45, 7) is 2.07. The predicted molar refractivity (Wildman–Crippen MR) is 96.7 cm³/mol. The van der Waals surface area contributed by atoms with Gasteiger partial charge in [0.1, 0.15) is 24.7 Å². The quantitative estimate of drug-likeness (QED) is 0.431. The van der Waals surface area contributed by atoms with Gasteiger partial charge in [0.25, 0.3) is 0 Å². The van der Waals surface area contributed by atoms with Gasteiger partial charge in [0.2, 0.25) is 0 Å². The van der Waals surface area contributed by atoms with Crippen LogP contribution in [0.3, 0.4) is 0 Å². The van der Waals surface area contributed by atoms with Gasteiger partial charge in [-0.15, -0.1) is 24.8 Å². The van der Waals surface area contributed by atoms with Gasteiger partial charge in [0, 0.05) is 38.7 Å². The molecule has 0 aliphatic carbocycles. The molecule has 0 N–H and O–H groups in total. The first-order valence-electron chi connectivity index (χ1n) is 6.99. The summed E-state index contributed by atoms with van der Waals surface area (Å²) in [5.74, 6) is 1.46. The number of aromatic nitrogens is 2. The molecular weight excluding hydrogens is 550 g/mol. The predicted octanol–water partition coefficient (Wildman–Crippen LogP) is 3.04. The van der Waals surface area contributed by atoms with Crippen molar-refractivity contribution in [1.29, 1.82) is 0 Å². The minimum Gasteiger partial charge on any atom is -0.491 e. The van der Waals surface area contributed by atoms with Crippen LogP contribution in [-0.4, -0.2) is 50.6 Å². The average molecular weight is 572 g/mol. The topological polar surface area (TPSA) is 62.7 Å². The van der Waals surface area contributed by atoms with E-state index in [1.165, 1.54) is 0 Å². The van der Waals surface area contributed by atoms with Crippen molar-refractivity contribution in [2.75, 3.05) is 40.6 Å². The van der Waals surface area contributed by atoms with Crippen LogP contribution in [0.4, 0.5) is 0 Å². The largest absolute Gasteiger partial charge is 4.00 e. The van der Waals surface area contributed by atoms with Gasteiger partial charge in [-0.2, -0.15) is 0 Å². The molecule has 2 aromatic heterocycles. The van der Waals surface area contributed by atoms with E-state index in [0.717, 1.165) is 22.9 Å². The number of hydrogen-bond acceptors (Lipinski definition) is 6. The Kier molecular flexibility index (Phi) is 16.2. The number of pyridine rings is 2. The fraction of sp³-hybridized carbons (Fsp3) is 0.375. The number of halogens is 2. The molecule has 0 unspecified atom stereocenters. The smallest absolute Gasteiger partial charge is 0.491 e. The molecule has 6 nitrogen and oxygen atoms in total. The minimum absolute atomic E-state index is 0. The Balaban J connectivity index is 0. The monoisotopic (exact) mass is 571 g/mol. The molecule has 0 aliphatic heterocycles. The van der Waals surface area contributed by atoms with Crippen LogP contribution in [0, 0.1) is 0 Å². The Hall–Kier alpha value is -0.912. The molecule has 2 rings (SSSR count). The zero-order valence-electron chi connectivity index (χ0n) is 14.0. The summed E-state index contributed by atoms with van der Waals surface area (Å²) in [4.78, 5) is 8.64. The number of hydrogen-bond donors (Lipinski definition) is 0. The van der Waals surface area contributed by atoms with Crippen molar-refractivity contribution in [1.82, 2.24) is 9.97 Å². The molecule has 0 spiro atoms. The molecule has 2 heterocycles. The van der Waals surface area contributed by atoms with E-state index in [1.54, 1.807) is 38.7 Å². The van der Waals surface area contributed by atoms with Gasteiger partial charge in [-0.3, -0.25) is 9.97 Å². The molecule has 25 heavy (non-hydrogen) atoms. The van der Waals surface area contributed by atoms with Crippen LogP contribution in [0.2, 0.25) is 0 Å². The number of methoxy groups -OCH3 is 2. The summed E-state index contributed by atoms with van der Waals surface area (Å²) >= 11 is 0. The third-order valence-electron chi connectivity index (χ3n) is 2.84. The zero-order chi connectivity index (χ0) is 15.6. The van der Waals surface area contributed by atoms with Crippen LogP contribution in [0.5, 0.6) is 11.5 Å². The molecule has 2 aromatic rings. The summed E-state index contributed by atoms with van der Waals surface area (Å²) in [7, 11) is 3.28. The Morgan fingerprint density at radius 3 is 1.48 bits per heavy atom. The molecule has 9 heteroatoms. The second-order valence-corrected chi connectivity index (χ2v) is 4.44. The SMILES string of the molecule is COCCOc1ccnc(-c2cc(OCCOC)ccn2)c1.Cl.Cl.[Pt+4]. The van der Waals surface area contributed by atoms with E-state index in [9.17, 15) is 0 Å². The van der Waals surface area contributed by atoms with Gasteiger partial charge < -0.3 is 18.9 Å². The van der Waals surface area contributed by atoms with Crippen molar-refractivity contribution in [2.24, 2.45) is 0 Å². The van der Waals surface area contributed by atoms with Crippen LogP contribution < -0.4 is 9.47 Å². The molecule has 0 amide bonds. The van der Waals surface area contributed by atoms with Crippen LogP contribution in [0.25, 0.3) is 11.4 Å². The van der Waals surface area contributed by atoms with Gasteiger partial charge in [-0.1, -0.05) is 0 Å². The van der Waals surface area contributed by atoms with Crippen LogP contribution >= 0.6 is 24.8 Å². The van der Waals surface area contributed by atoms with Crippen molar-refractivity contribution in [2.45, 2.75) is 0 Å². The maximum absolute atomic E-state index is 5.58. The Morgan fingerprint density at radius 2 is 1.12 bits per heavy atom. The molecule has 0 aromatic carbocycles. The number of nitrogens with zero attached hydrogens (tertiary/aromatic N) is 2. The van der Waals surface area contributed by atoms with Crippen molar-refractivity contribution in [3.8, 4) is 22.9 Å². The number of ether oxygens (including phenoxy) is 4. The maximum atomic E-state index is 5.58. The van der Waals surface area contributed by atoms with Gasteiger partial charge >= 0.3 is 21.1 Å². The van der Waals surface area contributed by atoms with E-state index in [0.29, 0.717) is 26.4 Å². The van der Waals surface area contributed by atoms with E-state index < -0.39 is 0 Å². The van der Waals surface area contributed by atoms with E-state index in [-0.39, 0.29) is 45.9 Å². The van der Waals surface area contributed by atoms with Gasteiger partial charge in [-0.25, -0.2) is 0 Å². The second kappa shape index (κ2) is 15.4. The van der Waals surface area contributed by atoms with Crippen molar-refractivity contribution < 1.29 is 40.0 Å². The summed E-state index contributed by atoms with van der Waals surface area (Å²) in [5.41, 5.74) is 1.46. The Labute approximate surface area is 174 Å². The molecule has 140 valence electrons. The molecule has 0 atom stereocenters. The fourth-order valence-electron chi connectivity index (χ4n) is 1.77. The van der Waals surface area contributed by atoms with Gasteiger partial charge in [0.15, 0.2) is 0 Å². The first kappa shape index (κ1) is 26.3. The van der Waals surface area contributed by atoms with E-state index in [4.69, 9.17) is 18.9 Å². The van der Waals surface area contributed by atoms with Crippen molar-refractivity contribution in [3.63, 3.8) is 0 Å². The number of rotatable bonds is 9. The molecule has 0 saturated heterocycles. The summed E-state index contributed by atoms with van der Waals surface area (Å²) in [5, 5.41) is 0. The summed E-state index contributed by atoms with van der Waals surface area (Å²) in [6.07, 6.45) is 3.38. The third-order valence-corrected chi connectivity index (χ3v) is 2.84. The first-order chi connectivity index (χ1) is 10.8. The molecule has 0 fully saturated rings. The van der Waals surface area contributed by atoms with Crippen molar-refractivity contribution >= 4 is 24.8 Å². The Bertz CT molecular complexity index is 542. The first-order valence-corrected chi connectivity index (χ1v) is 6.99. The van der Waals surface area contributed by atoms with Crippen molar-refractivity contribution in [3.05, 3.63) is 36.7 Å². The zero-order valence-corrected chi connectivity index (χ0v) is 17.9. The van der Waals surface area contributed by atoms with Gasteiger partial charge in [-0.05, 0) is 12.1 Å². The van der Waals surface area contributed by atoms with Crippen LogP contribution in [-0.2, 0) is 30.5 Å². The van der Waals surface area contributed by atoms with E-state index in [2.05, 4.69) is 9.97 Å². The molecule has 0 radical (unpaired) electrons. The van der Waals surface area contributed by atoms with E-state index in [1.807, 2.05) is 12.1 Å². The second-order valence-electron chi connectivity index (χ2n) is 4.44. The standard InChI is InChI=1S/C16H20N2O4.2ClH.Pt/c1-19-7-9-21-13-3-5-17-15(11-13)16-12-14(4-6-18-16)22-10-8-20-2;;;/h3-6,11-12H,7-10H2,1-2H3;2*1H;/q;;;+4. The molecule has 0 aliphatic rings. The van der Waals surface area contributed by atoms with Crippen LogP contribution in [0.1, 0.15) is 0 Å². The normalized spacial score (nSPS) is 9.20. The molecule has 0 saturated carbocycles. The summed E-state index contributed by atoms with van der Waals surface area (Å²) < 4.78 is 21.1. The molecule has 0 bridgehead atoms. The van der Waals surface area contributed by atoms with Crippen LogP contribution in [0.15, 0.2) is 36.7 Å².